The number of hydrogen-bond donors (Lipinski definition) is 1. The first-order valence-electron chi connectivity index (χ1n) is 9.07. The van der Waals surface area contributed by atoms with Crippen molar-refractivity contribution in [2.45, 2.75) is 77.3 Å². The van der Waals surface area contributed by atoms with E-state index in [1.807, 2.05) is 0 Å². The van der Waals surface area contributed by atoms with Gasteiger partial charge >= 0.3 is 5.69 Å². The lowest BCUT2D eigenvalue weighted by atomic mass is 9.85. The molecule has 0 amide bonds. The molecular weight excluding hydrogens is 292 g/mol. The van der Waals surface area contributed by atoms with Crippen LogP contribution in [0.1, 0.15) is 77.3 Å². The van der Waals surface area contributed by atoms with E-state index < -0.39 is 0 Å². The predicted octanol–water partition coefficient (Wildman–Crippen LogP) is 3.22. The molecule has 4 atom stereocenters. The second kappa shape index (κ2) is 6.54. The van der Waals surface area contributed by atoms with Gasteiger partial charge in [-0.25, -0.2) is 4.79 Å². The first-order valence-corrected chi connectivity index (χ1v) is 9.07. The Bertz CT molecular complexity index is 676. The summed E-state index contributed by atoms with van der Waals surface area (Å²) in [6.07, 6.45) is 8.35. The van der Waals surface area contributed by atoms with E-state index in [1.54, 1.807) is 0 Å². The standard InChI is InChI=1S/C18H28N2O3/c1-12-7-3-5-9-14(12)19-16(21)11-17(22)20(18(19)23)15-10-6-4-8-13(15)2/h11-15,21H,3-10H2,1-2H3. The van der Waals surface area contributed by atoms with Crippen LogP contribution in [-0.2, 0) is 0 Å². The lowest BCUT2D eigenvalue weighted by Gasteiger charge is -2.33. The van der Waals surface area contributed by atoms with Crippen molar-refractivity contribution in [3.8, 4) is 5.88 Å². The second-order valence-electron chi connectivity index (χ2n) is 7.52. The molecule has 23 heavy (non-hydrogen) atoms. The minimum atomic E-state index is -0.356. The van der Waals surface area contributed by atoms with Gasteiger partial charge in [-0.15, -0.1) is 0 Å². The highest BCUT2D eigenvalue weighted by atomic mass is 16.3. The van der Waals surface area contributed by atoms with E-state index in [4.69, 9.17) is 0 Å². The topological polar surface area (TPSA) is 64.2 Å². The molecule has 4 unspecified atom stereocenters. The van der Waals surface area contributed by atoms with Gasteiger partial charge < -0.3 is 5.11 Å². The molecule has 2 aliphatic rings. The Labute approximate surface area is 137 Å². The fraction of sp³-hybridized carbons (Fsp3) is 0.778. The van der Waals surface area contributed by atoms with Crippen LogP contribution in [0.2, 0.25) is 0 Å². The van der Waals surface area contributed by atoms with Crippen LogP contribution in [0.4, 0.5) is 0 Å². The Kier molecular flexibility index (Phi) is 4.64. The molecule has 2 aliphatic carbocycles. The van der Waals surface area contributed by atoms with Crippen LogP contribution < -0.4 is 11.2 Å². The Morgan fingerprint density at radius 2 is 1.35 bits per heavy atom. The molecular formula is C18H28N2O3. The van der Waals surface area contributed by atoms with E-state index in [1.165, 1.54) is 28.0 Å². The molecule has 0 radical (unpaired) electrons. The average molecular weight is 320 g/mol. The van der Waals surface area contributed by atoms with E-state index in [2.05, 4.69) is 13.8 Å². The zero-order valence-electron chi connectivity index (χ0n) is 14.2. The summed E-state index contributed by atoms with van der Waals surface area (Å²) in [5.41, 5.74) is -0.668. The van der Waals surface area contributed by atoms with Crippen molar-refractivity contribution in [1.82, 2.24) is 9.13 Å². The van der Waals surface area contributed by atoms with Crippen LogP contribution in [0.15, 0.2) is 15.7 Å². The molecule has 2 fully saturated rings. The summed E-state index contributed by atoms with van der Waals surface area (Å²) in [6.45, 7) is 4.25. The summed E-state index contributed by atoms with van der Waals surface area (Å²) < 4.78 is 2.91. The zero-order valence-corrected chi connectivity index (χ0v) is 14.2. The highest BCUT2D eigenvalue weighted by molar-refractivity contribution is 5.10. The molecule has 1 N–H and O–H groups in total. The molecule has 5 heteroatoms. The van der Waals surface area contributed by atoms with Crippen molar-refractivity contribution in [3.05, 3.63) is 26.9 Å². The molecule has 0 aliphatic heterocycles. The Balaban J connectivity index is 2.09. The summed E-state index contributed by atoms with van der Waals surface area (Å²) in [7, 11) is 0. The maximum atomic E-state index is 13.1. The number of hydrogen-bond acceptors (Lipinski definition) is 3. The number of rotatable bonds is 2. The second-order valence-corrected chi connectivity index (χ2v) is 7.52. The van der Waals surface area contributed by atoms with Gasteiger partial charge in [0, 0.05) is 12.1 Å². The lowest BCUT2D eigenvalue weighted by molar-refractivity contribution is 0.203. The maximum absolute atomic E-state index is 13.1. The molecule has 0 aromatic carbocycles. The monoisotopic (exact) mass is 320 g/mol. The van der Waals surface area contributed by atoms with Crippen LogP contribution in [0.25, 0.3) is 0 Å². The maximum Gasteiger partial charge on any atom is 0.334 e. The molecule has 0 bridgehead atoms. The fourth-order valence-electron chi connectivity index (χ4n) is 4.54. The first kappa shape index (κ1) is 16.3. The highest BCUT2D eigenvalue weighted by Gasteiger charge is 2.30. The van der Waals surface area contributed by atoms with Crippen LogP contribution in [0.5, 0.6) is 5.88 Å². The quantitative estimate of drug-likeness (QED) is 0.910. The van der Waals surface area contributed by atoms with E-state index in [0.29, 0.717) is 11.8 Å². The van der Waals surface area contributed by atoms with Gasteiger partial charge in [0.1, 0.15) is 0 Å². The van der Waals surface area contributed by atoms with Gasteiger partial charge in [-0.05, 0) is 37.5 Å². The van der Waals surface area contributed by atoms with Crippen molar-refractivity contribution < 1.29 is 5.11 Å². The summed E-state index contributed by atoms with van der Waals surface area (Å²) in [5.74, 6) is 0.511. The summed E-state index contributed by atoms with van der Waals surface area (Å²) in [5, 5.41) is 10.3. The molecule has 1 aromatic rings. The minimum absolute atomic E-state index is 0.00185. The highest BCUT2D eigenvalue weighted by Crippen LogP contribution is 2.35. The van der Waals surface area contributed by atoms with Crippen LogP contribution >= 0.6 is 0 Å². The van der Waals surface area contributed by atoms with E-state index in [-0.39, 0.29) is 29.2 Å². The Morgan fingerprint density at radius 3 is 1.87 bits per heavy atom. The van der Waals surface area contributed by atoms with Gasteiger partial charge in [0.2, 0.25) is 5.88 Å². The first-order chi connectivity index (χ1) is 11.0. The van der Waals surface area contributed by atoms with Gasteiger partial charge in [0.15, 0.2) is 0 Å². The van der Waals surface area contributed by atoms with Gasteiger partial charge in [-0.3, -0.25) is 13.9 Å². The molecule has 2 saturated carbocycles. The molecule has 1 heterocycles. The van der Waals surface area contributed by atoms with Gasteiger partial charge in [0.05, 0.1) is 6.07 Å². The van der Waals surface area contributed by atoms with Crippen molar-refractivity contribution in [3.63, 3.8) is 0 Å². The van der Waals surface area contributed by atoms with Crippen molar-refractivity contribution in [1.29, 1.82) is 0 Å². The Hall–Kier alpha value is -1.52. The van der Waals surface area contributed by atoms with Crippen LogP contribution in [-0.4, -0.2) is 14.2 Å². The molecule has 3 rings (SSSR count). The SMILES string of the molecule is CC1CCCCC1n1c(O)cc(=O)n(C2CCCCC2C)c1=O. The minimum Gasteiger partial charge on any atom is -0.494 e. The Morgan fingerprint density at radius 1 is 0.870 bits per heavy atom. The molecule has 1 aromatic heterocycles. The normalized spacial score (nSPS) is 31.9. The van der Waals surface area contributed by atoms with Crippen LogP contribution in [0, 0.1) is 11.8 Å². The fourth-order valence-corrected chi connectivity index (χ4v) is 4.54. The lowest BCUT2D eigenvalue weighted by Crippen LogP contribution is -2.46. The zero-order chi connectivity index (χ0) is 16.6. The van der Waals surface area contributed by atoms with E-state index in [0.717, 1.165) is 38.5 Å². The van der Waals surface area contributed by atoms with Gasteiger partial charge in [0.25, 0.3) is 5.56 Å². The third kappa shape index (κ3) is 2.98. The molecule has 0 saturated heterocycles. The molecule has 128 valence electrons. The number of aromatic hydroxyl groups is 1. The van der Waals surface area contributed by atoms with Gasteiger partial charge in [-0.1, -0.05) is 39.5 Å². The van der Waals surface area contributed by atoms with E-state index >= 15 is 0 Å². The smallest absolute Gasteiger partial charge is 0.334 e. The number of aromatic nitrogens is 2. The largest absolute Gasteiger partial charge is 0.494 e. The van der Waals surface area contributed by atoms with Crippen molar-refractivity contribution in [2.24, 2.45) is 11.8 Å². The van der Waals surface area contributed by atoms with Crippen molar-refractivity contribution >= 4 is 0 Å². The third-order valence-corrected chi connectivity index (χ3v) is 5.94. The summed E-state index contributed by atoms with van der Waals surface area (Å²) in [4.78, 5) is 25.5. The van der Waals surface area contributed by atoms with Crippen molar-refractivity contribution in [2.75, 3.05) is 0 Å². The predicted molar refractivity (Wildman–Crippen MR) is 90.0 cm³/mol. The summed E-state index contributed by atoms with van der Waals surface area (Å²) >= 11 is 0. The van der Waals surface area contributed by atoms with Gasteiger partial charge in [-0.2, -0.15) is 0 Å². The number of nitrogens with zero attached hydrogens (tertiary/aromatic N) is 2. The van der Waals surface area contributed by atoms with E-state index in [9.17, 15) is 14.7 Å². The third-order valence-electron chi connectivity index (χ3n) is 5.94. The summed E-state index contributed by atoms with van der Waals surface area (Å²) in [6, 6.07) is 1.21. The van der Waals surface area contributed by atoms with Crippen LogP contribution in [0.3, 0.4) is 0 Å². The molecule has 5 nitrogen and oxygen atoms in total. The molecule has 0 spiro atoms. The average Bonchev–Trinajstić information content (AvgIpc) is 2.50.